The molecule has 9 nitrogen and oxygen atoms in total. The number of carbonyl (C=O) groups is 3. The minimum atomic E-state index is -1.88. The lowest BCUT2D eigenvalue weighted by Gasteiger charge is -2.13. The molecule has 0 saturated carbocycles. The molecule has 1 unspecified atom stereocenters. The number of ether oxygens (including phenoxy) is 1. The van der Waals surface area contributed by atoms with Crippen LogP contribution in [0.25, 0.3) is 10.9 Å². The number of hydrogen-bond donors (Lipinski definition) is 4. The van der Waals surface area contributed by atoms with Gasteiger partial charge in [0.05, 0.1) is 6.61 Å². The number of carboxylic acid groups (broad SMARTS) is 1. The zero-order valence-corrected chi connectivity index (χ0v) is 13.4. The second-order valence-electron chi connectivity index (χ2n) is 5.08. The van der Waals surface area contributed by atoms with Crippen LogP contribution in [0.1, 0.15) is 12.5 Å². The lowest BCUT2D eigenvalue weighted by molar-refractivity contribution is -0.156. The molecular formula is C16H17N3O6. The number of amides is 1. The van der Waals surface area contributed by atoms with E-state index < -0.39 is 23.9 Å². The average Bonchev–Trinajstić information content (AvgIpc) is 3.00. The van der Waals surface area contributed by atoms with Crippen molar-refractivity contribution < 1.29 is 29.4 Å². The van der Waals surface area contributed by atoms with Crippen LogP contribution in [0, 0.1) is 0 Å². The summed E-state index contributed by atoms with van der Waals surface area (Å²) in [6.07, 6.45) is 1.60. The van der Waals surface area contributed by atoms with Crippen molar-refractivity contribution in [3.8, 4) is 0 Å². The molecule has 0 aliphatic carbocycles. The number of rotatable bonds is 7. The molecule has 0 spiro atoms. The molecule has 25 heavy (non-hydrogen) atoms. The van der Waals surface area contributed by atoms with E-state index in [4.69, 9.17) is 10.3 Å². The van der Waals surface area contributed by atoms with E-state index in [1.165, 1.54) is 6.92 Å². The summed E-state index contributed by atoms with van der Waals surface area (Å²) in [6.45, 7) is 1.48. The fraction of sp³-hybridized carbons (Fsp3) is 0.250. The van der Waals surface area contributed by atoms with Crippen molar-refractivity contribution in [2.75, 3.05) is 6.61 Å². The number of benzene rings is 1. The number of nitrogens with zero attached hydrogens (tertiary/aromatic N) is 1. The molecule has 0 aliphatic rings. The number of aliphatic carboxylic acids is 1. The first kappa shape index (κ1) is 18.0. The van der Waals surface area contributed by atoms with Crippen LogP contribution in [-0.4, -0.2) is 51.5 Å². The van der Waals surface area contributed by atoms with Gasteiger partial charge < -0.3 is 25.4 Å². The van der Waals surface area contributed by atoms with Crippen molar-refractivity contribution in [2.45, 2.75) is 19.4 Å². The summed E-state index contributed by atoms with van der Waals surface area (Å²) < 4.78 is 4.60. The summed E-state index contributed by atoms with van der Waals surface area (Å²) >= 11 is 0. The number of H-pyrrole nitrogens is 1. The fourth-order valence-electron chi connectivity index (χ4n) is 2.28. The minimum absolute atomic E-state index is 0.0330. The number of carboxylic acids is 1. The monoisotopic (exact) mass is 347 g/mol. The third-order valence-electron chi connectivity index (χ3n) is 3.46. The van der Waals surface area contributed by atoms with Gasteiger partial charge in [0.1, 0.15) is 5.71 Å². The van der Waals surface area contributed by atoms with Gasteiger partial charge in [-0.3, -0.25) is 4.79 Å². The zero-order valence-electron chi connectivity index (χ0n) is 13.4. The Morgan fingerprint density at radius 1 is 1.32 bits per heavy atom. The van der Waals surface area contributed by atoms with Gasteiger partial charge in [-0.1, -0.05) is 23.4 Å². The largest absolute Gasteiger partial charge is 0.479 e. The van der Waals surface area contributed by atoms with Gasteiger partial charge in [0, 0.05) is 23.5 Å². The van der Waals surface area contributed by atoms with Crippen LogP contribution in [0.2, 0.25) is 0 Å². The van der Waals surface area contributed by atoms with Crippen LogP contribution < -0.4 is 5.32 Å². The predicted octanol–water partition coefficient (Wildman–Crippen LogP) is 0.673. The molecule has 2 rings (SSSR count). The summed E-state index contributed by atoms with van der Waals surface area (Å²) in [5, 5.41) is 23.9. The first-order valence-corrected chi connectivity index (χ1v) is 7.44. The minimum Gasteiger partial charge on any atom is -0.479 e. The molecule has 1 atom stereocenters. The number of esters is 1. The number of para-hydroxylation sites is 1. The van der Waals surface area contributed by atoms with Crippen LogP contribution in [0.3, 0.4) is 0 Å². The smallest absolute Gasteiger partial charge is 0.340 e. The molecule has 0 bridgehead atoms. The highest BCUT2D eigenvalue weighted by molar-refractivity contribution is 6.40. The van der Waals surface area contributed by atoms with Gasteiger partial charge in [-0.05, 0) is 18.6 Å². The maximum Gasteiger partial charge on any atom is 0.340 e. The van der Waals surface area contributed by atoms with Gasteiger partial charge >= 0.3 is 11.9 Å². The summed E-state index contributed by atoms with van der Waals surface area (Å²) in [5.41, 5.74) is 1.19. The summed E-state index contributed by atoms with van der Waals surface area (Å²) in [5.74, 6) is -3.66. The number of nitrogens with one attached hydrogen (secondary N) is 2. The normalized spacial score (nSPS) is 12.6. The van der Waals surface area contributed by atoms with Gasteiger partial charge in [0.15, 0.2) is 0 Å². The maximum absolute atomic E-state index is 12.2. The second-order valence-corrected chi connectivity index (χ2v) is 5.08. The Hall–Kier alpha value is -3.36. The lowest BCUT2D eigenvalue weighted by Crippen LogP contribution is -2.49. The van der Waals surface area contributed by atoms with Gasteiger partial charge in [-0.2, -0.15) is 0 Å². The highest BCUT2D eigenvalue weighted by Crippen LogP contribution is 2.18. The number of fused-ring (bicyclic) bond motifs is 1. The summed E-state index contributed by atoms with van der Waals surface area (Å²) in [7, 11) is 0. The van der Waals surface area contributed by atoms with E-state index in [9.17, 15) is 14.4 Å². The van der Waals surface area contributed by atoms with E-state index in [0.717, 1.165) is 10.9 Å². The Bertz CT molecular complexity index is 826. The molecule has 2 aromatic rings. The Morgan fingerprint density at radius 3 is 2.68 bits per heavy atom. The topological polar surface area (TPSA) is 141 Å². The molecule has 9 heteroatoms. The quantitative estimate of drug-likeness (QED) is 0.191. The van der Waals surface area contributed by atoms with Crippen LogP contribution in [0.4, 0.5) is 0 Å². The molecule has 1 aromatic carbocycles. The van der Waals surface area contributed by atoms with Gasteiger partial charge in [-0.15, -0.1) is 0 Å². The van der Waals surface area contributed by atoms with Crippen LogP contribution in [-0.2, 0) is 25.5 Å². The number of carbonyl (C=O) groups excluding carboxylic acids is 2. The van der Waals surface area contributed by atoms with Crippen molar-refractivity contribution in [1.82, 2.24) is 10.3 Å². The van der Waals surface area contributed by atoms with E-state index in [0.29, 0.717) is 5.56 Å². The molecule has 0 aliphatic heterocycles. The summed E-state index contributed by atoms with van der Waals surface area (Å²) in [4.78, 5) is 37.9. The van der Waals surface area contributed by atoms with Crippen molar-refractivity contribution in [3.63, 3.8) is 0 Å². The number of aromatic nitrogens is 1. The first-order chi connectivity index (χ1) is 12.0. The van der Waals surface area contributed by atoms with Gasteiger partial charge in [-0.25, -0.2) is 9.59 Å². The maximum atomic E-state index is 12.2. The molecular weight excluding hydrogens is 330 g/mol. The van der Waals surface area contributed by atoms with E-state index in [2.05, 4.69) is 14.9 Å². The van der Waals surface area contributed by atoms with Crippen molar-refractivity contribution in [2.24, 2.45) is 5.16 Å². The summed E-state index contributed by atoms with van der Waals surface area (Å²) in [6, 6.07) is 5.44. The molecule has 0 fully saturated rings. The Labute approximate surface area is 142 Å². The molecule has 1 aromatic heterocycles. The highest BCUT2D eigenvalue weighted by atomic mass is 16.5. The SMILES string of the molecule is CCOC(=O)C(NC(=O)/C(Cc1c[nH]c2ccccc12)=N\O)C(=O)O. The number of aromatic amines is 1. The number of hydrogen-bond acceptors (Lipinski definition) is 6. The van der Waals surface area contributed by atoms with Crippen molar-refractivity contribution in [3.05, 3.63) is 36.0 Å². The van der Waals surface area contributed by atoms with Gasteiger partial charge in [0.25, 0.3) is 5.91 Å². The van der Waals surface area contributed by atoms with Crippen molar-refractivity contribution in [1.29, 1.82) is 0 Å². The van der Waals surface area contributed by atoms with Crippen LogP contribution in [0.15, 0.2) is 35.6 Å². The molecule has 0 saturated heterocycles. The zero-order chi connectivity index (χ0) is 18.4. The van der Waals surface area contributed by atoms with E-state index in [-0.39, 0.29) is 18.7 Å². The highest BCUT2D eigenvalue weighted by Gasteiger charge is 2.31. The molecule has 0 radical (unpaired) electrons. The first-order valence-electron chi connectivity index (χ1n) is 7.44. The Morgan fingerprint density at radius 2 is 2.04 bits per heavy atom. The van der Waals surface area contributed by atoms with E-state index in [1.54, 1.807) is 6.20 Å². The Kier molecular flexibility index (Phi) is 5.72. The molecule has 1 amide bonds. The molecule has 132 valence electrons. The van der Waals surface area contributed by atoms with E-state index in [1.807, 2.05) is 29.6 Å². The van der Waals surface area contributed by atoms with Crippen LogP contribution in [0.5, 0.6) is 0 Å². The third-order valence-corrected chi connectivity index (χ3v) is 3.46. The van der Waals surface area contributed by atoms with Crippen molar-refractivity contribution >= 4 is 34.5 Å². The lowest BCUT2D eigenvalue weighted by atomic mass is 10.1. The second kappa shape index (κ2) is 7.95. The van der Waals surface area contributed by atoms with Crippen LogP contribution >= 0.6 is 0 Å². The number of oxime groups is 1. The fourth-order valence-corrected chi connectivity index (χ4v) is 2.28. The Balaban J connectivity index is 2.15. The molecule has 4 N–H and O–H groups in total. The third kappa shape index (κ3) is 4.14. The average molecular weight is 347 g/mol. The standard InChI is InChI=1S/C16H17N3O6/c1-2-25-16(23)13(15(21)22)18-14(20)12(19-24)7-9-8-17-11-6-4-3-5-10(9)11/h3-6,8,13,17,24H,2,7H2,1H3,(H,18,20)(H,21,22)/b19-12-. The predicted molar refractivity (Wildman–Crippen MR) is 87.4 cm³/mol. The van der Waals surface area contributed by atoms with Gasteiger partial charge in [0.2, 0.25) is 6.04 Å². The molecule has 1 heterocycles. The van der Waals surface area contributed by atoms with E-state index >= 15 is 0 Å².